The zero-order valence-corrected chi connectivity index (χ0v) is 15.1. The molecule has 1 aliphatic rings. The predicted molar refractivity (Wildman–Crippen MR) is 101 cm³/mol. The molecule has 7 heteroatoms. The number of fused-ring (bicyclic) bond motifs is 2. The van der Waals surface area contributed by atoms with Gasteiger partial charge in [0.2, 0.25) is 0 Å². The van der Waals surface area contributed by atoms with Crippen molar-refractivity contribution in [2.24, 2.45) is 0 Å². The topological polar surface area (TPSA) is 107 Å². The molecule has 0 spiro atoms. The van der Waals surface area contributed by atoms with Crippen LogP contribution < -0.4 is 4.74 Å². The maximum Gasteiger partial charge on any atom is 0.336 e. The van der Waals surface area contributed by atoms with Crippen LogP contribution in [-0.4, -0.2) is 26.4 Å². The number of hydrogen-bond donors (Lipinski definition) is 4. The second-order valence-electron chi connectivity index (χ2n) is 6.44. The number of carbonyl (C=O) groups is 1. The van der Waals surface area contributed by atoms with E-state index in [0.29, 0.717) is 11.1 Å². The molecular weight excluding hydrogens is 384 g/mol. The molecule has 0 aromatic heterocycles. The number of aliphatic hydroxyl groups is 3. The average Bonchev–Trinajstić information content (AvgIpc) is 2.85. The molecule has 1 atom stereocenters. The first-order valence-electron chi connectivity index (χ1n) is 8.34. The van der Waals surface area contributed by atoms with E-state index < -0.39 is 23.1 Å². The first-order valence-corrected chi connectivity index (χ1v) is 8.72. The number of carboxylic acids is 1. The Bertz CT molecular complexity index is 1080. The lowest BCUT2D eigenvalue weighted by Crippen LogP contribution is -2.52. The molecule has 3 aromatic rings. The molecule has 0 amide bonds. The maximum absolute atomic E-state index is 11.6. The first-order chi connectivity index (χ1) is 13.3. The van der Waals surface area contributed by atoms with Gasteiger partial charge in [-0.3, -0.25) is 0 Å². The van der Waals surface area contributed by atoms with Gasteiger partial charge in [-0.15, -0.1) is 0 Å². The number of aromatic carboxylic acids is 1. The molecule has 28 heavy (non-hydrogen) atoms. The molecule has 142 valence electrons. The van der Waals surface area contributed by atoms with E-state index >= 15 is 0 Å². The van der Waals surface area contributed by atoms with Crippen LogP contribution in [0.2, 0.25) is 5.02 Å². The third-order valence-electron chi connectivity index (χ3n) is 4.79. The quantitative estimate of drug-likeness (QED) is 0.503. The van der Waals surface area contributed by atoms with Gasteiger partial charge in [-0.25, -0.2) is 4.79 Å². The number of benzene rings is 3. The summed E-state index contributed by atoms with van der Waals surface area (Å²) in [6.07, 6.45) is 0. The molecule has 3 aromatic carbocycles. The molecule has 4 N–H and O–H groups in total. The summed E-state index contributed by atoms with van der Waals surface area (Å²) in [4.78, 5) is 11.6. The maximum atomic E-state index is 11.6. The fourth-order valence-corrected chi connectivity index (χ4v) is 3.77. The van der Waals surface area contributed by atoms with Gasteiger partial charge in [0.15, 0.2) is 0 Å². The van der Waals surface area contributed by atoms with Crippen molar-refractivity contribution >= 4 is 17.6 Å². The third-order valence-corrected chi connectivity index (χ3v) is 5.17. The molecule has 0 saturated carbocycles. The summed E-state index contributed by atoms with van der Waals surface area (Å²) in [5.74, 6) is -7.16. The number of rotatable bonds is 4. The highest BCUT2D eigenvalue weighted by Gasteiger charge is 2.60. The molecule has 0 aliphatic carbocycles. The fraction of sp³-hybridized carbons (Fsp3) is 0.0952. The molecule has 4 rings (SSSR count). The lowest BCUT2D eigenvalue weighted by molar-refractivity contribution is -0.358. The molecular formula is C21H15ClO6. The van der Waals surface area contributed by atoms with E-state index in [1.165, 1.54) is 30.3 Å². The van der Waals surface area contributed by atoms with Gasteiger partial charge < -0.3 is 25.2 Å². The standard InChI is InChI=1S/C21H15ClO6/c22-18-16-11-10-13(12-6-2-1-3-7-12)17(18)21(27,28-16)20(25,26)15-9-5-4-8-14(15)19(23)24/h1-11,25-27H,(H,23,24). The van der Waals surface area contributed by atoms with Crippen LogP contribution in [-0.2, 0) is 11.6 Å². The van der Waals surface area contributed by atoms with Crippen molar-refractivity contribution in [3.05, 3.63) is 88.4 Å². The Morgan fingerprint density at radius 3 is 2.29 bits per heavy atom. The lowest BCUT2D eigenvalue weighted by Gasteiger charge is -2.37. The van der Waals surface area contributed by atoms with Gasteiger partial charge >= 0.3 is 5.97 Å². The van der Waals surface area contributed by atoms with E-state index in [0.717, 1.165) is 0 Å². The smallest absolute Gasteiger partial charge is 0.336 e. The van der Waals surface area contributed by atoms with E-state index in [1.54, 1.807) is 30.3 Å². The van der Waals surface area contributed by atoms with Crippen LogP contribution in [0.15, 0.2) is 66.7 Å². The summed E-state index contributed by atoms with van der Waals surface area (Å²) in [6, 6.07) is 17.3. The highest BCUT2D eigenvalue weighted by molar-refractivity contribution is 6.33. The van der Waals surface area contributed by atoms with Crippen molar-refractivity contribution in [1.82, 2.24) is 0 Å². The zero-order valence-electron chi connectivity index (χ0n) is 14.3. The molecule has 1 aliphatic heterocycles. The highest BCUT2D eigenvalue weighted by Crippen LogP contribution is 2.54. The van der Waals surface area contributed by atoms with Crippen molar-refractivity contribution in [1.29, 1.82) is 0 Å². The van der Waals surface area contributed by atoms with Crippen LogP contribution in [0.3, 0.4) is 0 Å². The summed E-state index contributed by atoms with van der Waals surface area (Å²) >= 11 is 6.35. The second-order valence-corrected chi connectivity index (χ2v) is 6.81. The molecule has 0 fully saturated rings. The minimum absolute atomic E-state index is 0.0177. The Labute approximate surface area is 164 Å². The van der Waals surface area contributed by atoms with Crippen LogP contribution in [0.1, 0.15) is 21.5 Å². The van der Waals surface area contributed by atoms with Crippen LogP contribution in [0, 0.1) is 0 Å². The minimum atomic E-state index is -3.11. The summed E-state index contributed by atoms with van der Waals surface area (Å²) in [5.41, 5.74) is 0.222. The van der Waals surface area contributed by atoms with Crippen molar-refractivity contribution in [2.45, 2.75) is 11.6 Å². The van der Waals surface area contributed by atoms with Gasteiger partial charge in [0, 0.05) is 5.56 Å². The third kappa shape index (κ3) is 2.51. The summed E-state index contributed by atoms with van der Waals surface area (Å²) < 4.78 is 5.46. The van der Waals surface area contributed by atoms with Gasteiger partial charge in [0.1, 0.15) is 5.75 Å². The van der Waals surface area contributed by atoms with Gasteiger partial charge in [-0.2, -0.15) is 0 Å². The van der Waals surface area contributed by atoms with Crippen LogP contribution in [0.5, 0.6) is 5.75 Å². The zero-order chi connectivity index (χ0) is 20.1. The van der Waals surface area contributed by atoms with Gasteiger partial charge in [-0.05, 0) is 23.3 Å². The molecule has 1 unspecified atom stereocenters. The number of ether oxygens (including phenoxy) is 1. The van der Waals surface area contributed by atoms with Crippen molar-refractivity contribution in [2.75, 3.05) is 0 Å². The fourth-order valence-electron chi connectivity index (χ4n) is 3.44. The first kappa shape index (κ1) is 18.5. The SMILES string of the molecule is O=C(O)c1ccccc1C(O)(O)C1(O)Oc2ccc(-c3ccccc3)c1c2Cl. The van der Waals surface area contributed by atoms with E-state index in [2.05, 4.69) is 0 Å². The highest BCUT2D eigenvalue weighted by atomic mass is 35.5. The second kappa shape index (κ2) is 6.32. The van der Waals surface area contributed by atoms with Crippen molar-refractivity contribution in [3.63, 3.8) is 0 Å². The lowest BCUT2D eigenvalue weighted by atomic mass is 9.85. The number of carboxylic acid groups (broad SMARTS) is 1. The van der Waals surface area contributed by atoms with Gasteiger partial charge in [-0.1, -0.05) is 66.2 Å². The molecule has 2 bridgehead atoms. The summed E-state index contributed by atoms with van der Waals surface area (Å²) in [7, 11) is 0. The predicted octanol–water partition coefficient (Wildman–Crippen LogP) is 3.08. The van der Waals surface area contributed by atoms with Crippen molar-refractivity contribution < 1.29 is 30.0 Å². The monoisotopic (exact) mass is 398 g/mol. The van der Waals surface area contributed by atoms with Gasteiger partial charge in [0.05, 0.1) is 16.1 Å². The number of hydrogen-bond acceptors (Lipinski definition) is 5. The van der Waals surface area contributed by atoms with E-state index in [1.807, 2.05) is 6.07 Å². The Morgan fingerprint density at radius 2 is 1.61 bits per heavy atom. The summed E-state index contributed by atoms with van der Waals surface area (Å²) in [5, 5.41) is 42.7. The van der Waals surface area contributed by atoms with Gasteiger partial charge in [0.25, 0.3) is 11.6 Å². The largest absolute Gasteiger partial charge is 0.478 e. The molecule has 0 saturated heterocycles. The average molecular weight is 399 g/mol. The normalized spacial score (nSPS) is 18.0. The Morgan fingerprint density at radius 1 is 0.964 bits per heavy atom. The van der Waals surface area contributed by atoms with Crippen LogP contribution in [0.25, 0.3) is 11.1 Å². The minimum Gasteiger partial charge on any atom is -0.478 e. The molecule has 6 nitrogen and oxygen atoms in total. The molecule has 0 radical (unpaired) electrons. The Kier molecular flexibility index (Phi) is 4.17. The summed E-state index contributed by atoms with van der Waals surface area (Å²) in [6.45, 7) is 0. The van der Waals surface area contributed by atoms with Crippen LogP contribution >= 0.6 is 11.6 Å². The molecule has 1 heterocycles. The number of halogens is 1. The van der Waals surface area contributed by atoms with E-state index in [9.17, 15) is 25.2 Å². The van der Waals surface area contributed by atoms with Crippen LogP contribution in [0.4, 0.5) is 0 Å². The Balaban J connectivity index is 1.95. The van der Waals surface area contributed by atoms with E-state index in [4.69, 9.17) is 16.3 Å². The van der Waals surface area contributed by atoms with E-state index in [-0.39, 0.29) is 21.9 Å². The Hall–Kier alpha value is -2.90. The van der Waals surface area contributed by atoms with Crippen molar-refractivity contribution in [3.8, 4) is 16.9 Å².